The van der Waals surface area contributed by atoms with E-state index in [0.717, 1.165) is 0 Å². The molecule has 3 heterocycles. The quantitative estimate of drug-likeness (QED) is 0.324. The molecule has 2 fully saturated rings. The number of nitro benzene ring substituents is 1. The third-order valence-corrected chi connectivity index (χ3v) is 5.59. The zero-order valence-corrected chi connectivity index (χ0v) is 16.2. The SMILES string of the molecule is O=C1/C(=C\c2ccc(-c3ccccc3[N+](=O)[O-])o2)SC(=S)N1N1CCOCC1. The summed E-state index contributed by atoms with van der Waals surface area (Å²) in [5.41, 5.74) is 0.343. The molecule has 10 heteroatoms. The molecule has 0 atom stereocenters. The van der Waals surface area contributed by atoms with Crippen molar-refractivity contribution in [3.63, 3.8) is 0 Å². The van der Waals surface area contributed by atoms with Crippen molar-refractivity contribution < 1.29 is 18.9 Å². The number of benzene rings is 1. The molecule has 0 spiro atoms. The van der Waals surface area contributed by atoms with Crippen LogP contribution in [0.1, 0.15) is 5.76 Å². The van der Waals surface area contributed by atoms with Crippen LogP contribution in [0.15, 0.2) is 45.7 Å². The highest BCUT2D eigenvalue weighted by atomic mass is 32.2. The lowest BCUT2D eigenvalue weighted by atomic mass is 10.1. The lowest BCUT2D eigenvalue weighted by Crippen LogP contribution is -2.50. The predicted molar refractivity (Wildman–Crippen MR) is 108 cm³/mol. The van der Waals surface area contributed by atoms with Gasteiger partial charge in [-0.2, -0.15) is 0 Å². The molecule has 2 saturated heterocycles. The monoisotopic (exact) mass is 417 g/mol. The topological polar surface area (TPSA) is 89.1 Å². The number of amides is 1. The molecule has 0 unspecified atom stereocenters. The Bertz CT molecular complexity index is 981. The molecule has 2 aromatic rings. The van der Waals surface area contributed by atoms with Gasteiger partial charge in [-0.25, -0.2) is 10.0 Å². The van der Waals surface area contributed by atoms with Crippen LogP contribution in [0.2, 0.25) is 0 Å². The maximum Gasteiger partial charge on any atom is 0.281 e. The smallest absolute Gasteiger partial charge is 0.281 e. The second kappa shape index (κ2) is 7.84. The highest BCUT2D eigenvalue weighted by Crippen LogP contribution is 2.36. The minimum Gasteiger partial charge on any atom is -0.456 e. The summed E-state index contributed by atoms with van der Waals surface area (Å²) in [6, 6.07) is 9.67. The summed E-state index contributed by atoms with van der Waals surface area (Å²) in [5.74, 6) is 0.582. The van der Waals surface area contributed by atoms with Crippen molar-refractivity contribution in [1.82, 2.24) is 10.0 Å². The van der Waals surface area contributed by atoms with Gasteiger partial charge in [-0.15, -0.1) is 0 Å². The fourth-order valence-corrected chi connectivity index (χ4v) is 4.29. The molecule has 0 aliphatic carbocycles. The average Bonchev–Trinajstić information content (AvgIpc) is 3.27. The number of hydrogen-bond donors (Lipinski definition) is 0. The fraction of sp³-hybridized carbons (Fsp3) is 0.222. The maximum absolute atomic E-state index is 12.8. The van der Waals surface area contributed by atoms with Crippen LogP contribution in [0.4, 0.5) is 5.69 Å². The number of nitro groups is 1. The van der Waals surface area contributed by atoms with E-state index in [4.69, 9.17) is 21.4 Å². The number of thiocarbonyl (C=S) groups is 1. The number of ether oxygens (including phenoxy) is 1. The van der Waals surface area contributed by atoms with Crippen LogP contribution in [0.5, 0.6) is 0 Å². The van der Waals surface area contributed by atoms with Crippen molar-refractivity contribution in [1.29, 1.82) is 0 Å². The molecule has 2 aliphatic heterocycles. The number of carbonyl (C=O) groups excluding carboxylic acids is 1. The summed E-state index contributed by atoms with van der Waals surface area (Å²) in [6.45, 7) is 2.30. The second-order valence-corrected chi connectivity index (χ2v) is 7.71. The first-order valence-electron chi connectivity index (χ1n) is 8.49. The first-order chi connectivity index (χ1) is 13.5. The average molecular weight is 417 g/mol. The summed E-state index contributed by atoms with van der Waals surface area (Å²) in [5, 5.41) is 14.6. The third kappa shape index (κ3) is 3.59. The van der Waals surface area contributed by atoms with Crippen LogP contribution in [0, 0.1) is 10.1 Å². The lowest BCUT2D eigenvalue weighted by molar-refractivity contribution is -0.384. The molecule has 0 bridgehead atoms. The van der Waals surface area contributed by atoms with Gasteiger partial charge in [-0.05, 0) is 18.2 Å². The van der Waals surface area contributed by atoms with E-state index in [2.05, 4.69) is 0 Å². The van der Waals surface area contributed by atoms with Crippen LogP contribution < -0.4 is 0 Å². The van der Waals surface area contributed by atoms with E-state index >= 15 is 0 Å². The first kappa shape index (κ1) is 18.8. The maximum atomic E-state index is 12.8. The molecule has 144 valence electrons. The van der Waals surface area contributed by atoms with Crippen LogP contribution in [0.3, 0.4) is 0 Å². The molecule has 0 N–H and O–H groups in total. The molecule has 0 radical (unpaired) electrons. The van der Waals surface area contributed by atoms with Gasteiger partial charge >= 0.3 is 0 Å². The molecule has 8 nitrogen and oxygen atoms in total. The Labute approximate surface area is 169 Å². The molecule has 1 aromatic heterocycles. The number of nitrogens with zero attached hydrogens (tertiary/aromatic N) is 3. The molecule has 2 aliphatic rings. The Morgan fingerprint density at radius 2 is 1.93 bits per heavy atom. The lowest BCUT2D eigenvalue weighted by Gasteiger charge is -2.33. The van der Waals surface area contributed by atoms with Crippen molar-refractivity contribution >= 4 is 46.0 Å². The molecular formula is C18H15N3O5S2. The van der Waals surface area contributed by atoms with Crippen LogP contribution >= 0.6 is 24.0 Å². The van der Waals surface area contributed by atoms with E-state index in [1.807, 2.05) is 5.01 Å². The Balaban J connectivity index is 1.58. The molecule has 1 aromatic carbocycles. The summed E-state index contributed by atoms with van der Waals surface area (Å²) < 4.78 is 11.5. The number of carbonyl (C=O) groups is 1. The van der Waals surface area contributed by atoms with Gasteiger partial charge in [0.25, 0.3) is 11.6 Å². The molecule has 0 saturated carbocycles. The minimum atomic E-state index is -0.453. The van der Waals surface area contributed by atoms with Crippen molar-refractivity contribution in [2.45, 2.75) is 0 Å². The molecular weight excluding hydrogens is 402 g/mol. The number of hydrazine groups is 1. The Morgan fingerprint density at radius 3 is 2.68 bits per heavy atom. The van der Waals surface area contributed by atoms with Crippen molar-refractivity contribution in [2.75, 3.05) is 26.3 Å². The van der Waals surface area contributed by atoms with E-state index in [0.29, 0.717) is 52.6 Å². The van der Waals surface area contributed by atoms with Crippen LogP contribution in [-0.4, -0.2) is 51.5 Å². The summed E-state index contributed by atoms with van der Waals surface area (Å²) in [6.07, 6.45) is 1.61. The van der Waals surface area contributed by atoms with Crippen LogP contribution in [-0.2, 0) is 9.53 Å². The van der Waals surface area contributed by atoms with Gasteiger partial charge in [0.1, 0.15) is 11.5 Å². The highest BCUT2D eigenvalue weighted by Gasteiger charge is 2.37. The normalized spacial score (nSPS) is 19.6. The number of morpholine rings is 1. The molecule has 4 rings (SSSR count). The Hall–Kier alpha value is -2.53. The van der Waals surface area contributed by atoms with Crippen molar-refractivity contribution in [3.05, 3.63) is 57.2 Å². The molecule has 1 amide bonds. The summed E-state index contributed by atoms with van der Waals surface area (Å²) >= 11 is 6.56. The summed E-state index contributed by atoms with van der Waals surface area (Å²) in [7, 11) is 0. The van der Waals surface area contributed by atoms with E-state index in [1.54, 1.807) is 36.4 Å². The zero-order chi connectivity index (χ0) is 19.7. The van der Waals surface area contributed by atoms with Crippen LogP contribution in [0.25, 0.3) is 17.4 Å². The van der Waals surface area contributed by atoms with Gasteiger partial charge in [0.05, 0.1) is 28.6 Å². The summed E-state index contributed by atoms with van der Waals surface area (Å²) in [4.78, 5) is 24.0. The van der Waals surface area contributed by atoms with Crippen molar-refractivity contribution in [2.24, 2.45) is 0 Å². The van der Waals surface area contributed by atoms with Gasteiger partial charge < -0.3 is 9.15 Å². The fourth-order valence-electron chi connectivity index (χ4n) is 3.00. The zero-order valence-electron chi connectivity index (χ0n) is 14.6. The van der Waals surface area contributed by atoms with Gasteiger partial charge in [0, 0.05) is 25.2 Å². The second-order valence-electron chi connectivity index (χ2n) is 6.04. The number of thioether (sulfide) groups is 1. The molecule has 28 heavy (non-hydrogen) atoms. The Kier molecular flexibility index (Phi) is 5.27. The highest BCUT2D eigenvalue weighted by molar-refractivity contribution is 8.26. The third-order valence-electron chi connectivity index (χ3n) is 4.31. The van der Waals surface area contributed by atoms with Gasteiger partial charge in [-0.3, -0.25) is 14.9 Å². The van der Waals surface area contributed by atoms with E-state index in [-0.39, 0.29) is 11.6 Å². The van der Waals surface area contributed by atoms with E-state index in [9.17, 15) is 14.9 Å². The standard InChI is InChI=1S/C18H15N3O5S2/c22-17-16(28-18(27)20(17)19-7-9-25-10-8-19)11-12-5-6-15(26-12)13-3-1-2-4-14(13)21(23)24/h1-6,11H,7-10H2/b16-11+. The van der Waals surface area contributed by atoms with Crippen molar-refractivity contribution in [3.8, 4) is 11.3 Å². The number of hydrogen-bond acceptors (Lipinski definition) is 8. The largest absolute Gasteiger partial charge is 0.456 e. The van der Waals surface area contributed by atoms with Gasteiger partial charge in [0.15, 0.2) is 4.32 Å². The first-order valence-corrected chi connectivity index (χ1v) is 9.71. The predicted octanol–water partition coefficient (Wildman–Crippen LogP) is 3.30. The minimum absolute atomic E-state index is 0.0398. The Morgan fingerprint density at radius 1 is 1.18 bits per heavy atom. The van der Waals surface area contributed by atoms with E-state index in [1.165, 1.54) is 22.8 Å². The number of rotatable bonds is 4. The van der Waals surface area contributed by atoms with Gasteiger partial charge in [0.2, 0.25) is 0 Å². The number of para-hydroxylation sites is 1. The number of furan rings is 1. The van der Waals surface area contributed by atoms with E-state index < -0.39 is 4.92 Å². The van der Waals surface area contributed by atoms with Gasteiger partial charge in [-0.1, -0.05) is 36.1 Å².